The molecule has 20 heavy (non-hydrogen) atoms. The highest BCUT2D eigenvalue weighted by Gasteiger charge is 2.20. The van der Waals surface area contributed by atoms with Crippen molar-refractivity contribution in [1.82, 2.24) is 5.32 Å². The Morgan fingerprint density at radius 2 is 2.15 bits per heavy atom. The second-order valence-corrected chi connectivity index (χ2v) is 4.65. The molecular weight excluding hydrogens is 273 g/mol. The molecule has 0 atom stereocenters. The van der Waals surface area contributed by atoms with Gasteiger partial charge in [-0.2, -0.15) is 8.78 Å². The van der Waals surface area contributed by atoms with Crippen molar-refractivity contribution in [2.45, 2.75) is 19.5 Å². The minimum Gasteiger partial charge on any atom is -0.432 e. The van der Waals surface area contributed by atoms with Crippen molar-refractivity contribution < 1.29 is 22.7 Å². The fourth-order valence-corrected chi connectivity index (χ4v) is 1.69. The number of hydrogen-bond acceptors (Lipinski definition) is 3. The van der Waals surface area contributed by atoms with Crippen molar-refractivity contribution in [3.63, 3.8) is 0 Å². The summed E-state index contributed by atoms with van der Waals surface area (Å²) >= 11 is 0. The summed E-state index contributed by atoms with van der Waals surface area (Å²) in [6, 6.07) is 3.30. The maximum atomic E-state index is 13.4. The van der Waals surface area contributed by atoms with Gasteiger partial charge in [0.1, 0.15) is 0 Å². The Kier molecular flexibility index (Phi) is 4.84. The zero-order chi connectivity index (χ0) is 14.5. The van der Waals surface area contributed by atoms with Gasteiger partial charge >= 0.3 is 6.61 Å². The van der Waals surface area contributed by atoms with Gasteiger partial charge in [0.15, 0.2) is 11.6 Å². The maximum Gasteiger partial charge on any atom is 0.387 e. The Balaban J connectivity index is 1.82. The SMILES string of the molecule is O=C(CNCC1CC1)Nc1ccc(OC(F)F)c(F)c1. The molecule has 7 heteroatoms. The van der Waals surface area contributed by atoms with Crippen molar-refractivity contribution in [2.75, 3.05) is 18.4 Å². The minimum atomic E-state index is -3.09. The summed E-state index contributed by atoms with van der Waals surface area (Å²) in [7, 11) is 0. The van der Waals surface area contributed by atoms with E-state index in [1.807, 2.05) is 0 Å². The first-order chi connectivity index (χ1) is 9.54. The lowest BCUT2D eigenvalue weighted by atomic mass is 10.3. The van der Waals surface area contributed by atoms with E-state index in [0.717, 1.165) is 18.7 Å². The van der Waals surface area contributed by atoms with Gasteiger partial charge < -0.3 is 15.4 Å². The molecule has 1 amide bonds. The van der Waals surface area contributed by atoms with Gasteiger partial charge in [-0.25, -0.2) is 4.39 Å². The quantitative estimate of drug-likeness (QED) is 0.810. The Bertz CT molecular complexity index is 479. The average Bonchev–Trinajstić information content (AvgIpc) is 3.16. The number of nitrogens with one attached hydrogen (secondary N) is 2. The molecule has 110 valence electrons. The normalized spacial score (nSPS) is 14.4. The Morgan fingerprint density at radius 1 is 1.40 bits per heavy atom. The van der Waals surface area contributed by atoms with Crippen LogP contribution in [0.5, 0.6) is 5.75 Å². The van der Waals surface area contributed by atoms with Crippen molar-refractivity contribution in [1.29, 1.82) is 0 Å². The molecular formula is C13H15F3N2O2. The molecule has 4 nitrogen and oxygen atoms in total. The number of alkyl halides is 2. The van der Waals surface area contributed by atoms with Gasteiger partial charge in [0.05, 0.1) is 6.54 Å². The Morgan fingerprint density at radius 3 is 2.75 bits per heavy atom. The number of hydrogen-bond donors (Lipinski definition) is 2. The van der Waals surface area contributed by atoms with E-state index in [-0.39, 0.29) is 18.1 Å². The third-order valence-corrected chi connectivity index (χ3v) is 2.85. The van der Waals surface area contributed by atoms with E-state index in [1.165, 1.54) is 18.9 Å². The van der Waals surface area contributed by atoms with Crippen LogP contribution in [0.25, 0.3) is 0 Å². The number of halogens is 3. The lowest BCUT2D eigenvalue weighted by Crippen LogP contribution is -2.29. The topological polar surface area (TPSA) is 50.4 Å². The first kappa shape index (κ1) is 14.6. The molecule has 1 aromatic carbocycles. The van der Waals surface area contributed by atoms with E-state index in [0.29, 0.717) is 5.92 Å². The first-order valence-corrected chi connectivity index (χ1v) is 6.29. The molecule has 2 N–H and O–H groups in total. The van der Waals surface area contributed by atoms with Crippen LogP contribution in [-0.2, 0) is 4.79 Å². The van der Waals surface area contributed by atoms with Crippen LogP contribution in [0.15, 0.2) is 18.2 Å². The Hall–Kier alpha value is -1.76. The van der Waals surface area contributed by atoms with Crippen molar-refractivity contribution in [3.05, 3.63) is 24.0 Å². The average molecular weight is 288 g/mol. The first-order valence-electron chi connectivity index (χ1n) is 6.29. The molecule has 0 aliphatic heterocycles. The molecule has 0 unspecified atom stereocenters. The maximum absolute atomic E-state index is 13.4. The van der Waals surface area contributed by atoms with Gasteiger partial charge in [0, 0.05) is 11.8 Å². The van der Waals surface area contributed by atoms with Gasteiger partial charge in [-0.1, -0.05) is 0 Å². The van der Waals surface area contributed by atoms with Gasteiger partial charge in [-0.15, -0.1) is 0 Å². The number of amides is 1. The largest absolute Gasteiger partial charge is 0.432 e. The molecule has 0 radical (unpaired) electrons. The molecule has 1 saturated carbocycles. The molecule has 2 rings (SSSR count). The predicted octanol–water partition coefficient (Wildman–Crippen LogP) is 2.37. The molecule has 0 bridgehead atoms. The fraction of sp³-hybridized carbons (Fsp3) is 0.462. The van der Waals surface area contributed by atoms with Crippen LogP contribution in [0.4, 0.5) is 18.9 Å². The molecule has 1 aliphatic carbocycles. The van der Waals surface area contributed by atoms with E-state index in [2.05, 4.69) is 15.4 Å². The number of anilines is 1. The van der Waals surface area contributed by atoms with Gasteiger partial charge in [-0.3, -0.25) is 4.79 Å². The smallest absolute Gasteiger partial charge is 0.387 e. The molecule has 1 fully saturated rings. The second-order valence-electron chi connectivity index (χ2n) is 4.65. The summed E-state index contributed by atoms with van der Waals surface area (Å²) in [4.78, 5) is 11.5. The van der Waals surface area contributed by atoms with E-state index < -0.39 is 18.2 Å². The van der Waals surface area contributed by atoms with Gasteiger partial charge in [-0.05, 0) is 37.4 Å². The highest BCUT2D eigenvalue weighted by atomic mass is 19.3. The van der Waals surface area contributed by atoms with Gasteiger partial charge in [0.2, 0.25) is 5.91 Å². The lowest BCUT2D eigenvalue weighted by molar-refractivity contribution is -0.115. The van der Waals surface area contributed by atoms with Crippen LogP contribution >= 0.6 is 0 Å². The lowest BCUT2D eigenvalue weighted by Gasteiger charge is -2.09. The van der Waals surface area contributed by atoms with Gasteiger partial charge in [0.25, 0.3) is 0 Å². The number of carbonyl (C=O) groups is 1. The molecule has 0 saturated heterocycles. The molecule has 0 spiro atoms. The van der Waals surface area contributed by atoms with E-state index in [4.69, 9.17) is 0 Å². The van der Waals surface area contributed by atoms with Crippen LogP contribution in [0.3, 0.4) is 0 Å². The summed E-state index contributed by atoms with van der Waals surface area (Å²) in [5.74, 6) is -1.16. The highest BCUT2D eigenvalue weighted by Crippen LogP contribution is 2.27. The van der Waals surface area contributed by atoms with Crippen molar-refractivity contribution >= 4 is 11.6 Å². The predicted molar refractivity (Wildman–Crippen MR) is 67.3 cm³/mol. The molecule has 0 aromatic heterocycles. The third kappa shape index (κ3) is 4.73. The fourth-order valence-electron chi connectivity index (χ4n) is 1.69. The highest BCUT2D eigenvalue weighted by molar-refractivity contribution is 5.92. The van der Waals surface area contributed by atoms with E-state index in [1.54, 1.807) is 0 Å². The monoisotopic (exact) mass is 288 g/mol. The second kappa shape index (κ2) is 6.60. The summed E-state index contributed by atoms with van der Waals surface area (Å²) in [6.45, 7) is -2.16. The number of ether oxygens (including phenoxy) is 1. The summed E-state index contributed by atoms with van der Waals surface area (Å²) < 4.78 is 41.3. The Labute approximate surface area is 114 Å². The van der Waals surface area contributed by atoms with E-state index in [9.17, 15) is 18.0 Å². The number of rotatable bonds is 7. The van der Waals surface area contributed by atoms with Crippen LogP contribution in [0.1, 0.15) is 12.8 Å². The van der Waals surface area contributed by atoms with Crippen molar-refractivity contribution in [2.24, 2.45) is 5.92 Å². The zero-order valence-corrected chi connectivity index (χ0v) is 10.7. The standard InChI is InChI=1S/C13H15F3N2O2/c14-10-5-9(3-4-11(10)20-13(15)16)18-12(19)7-17-6-8-1-2-8/h3-5,8,13,17H,1-2,6-7H2,(H,18,19). The van der Waals surface area contributed by atoms with Crippen LogP contribution in [-0.4, -0.2) is 25.6 Å². The molecule has 1 aromatic rings. The summed E-state index contributed by atoms with van der Waals surface area (Å²) in [6.07, 6.45) is 2.37. The summed E-state index contributed by atoms with van der Waals surface area (Å²) in [5, 5.41) is 5.46. The minimum absolute atomic E-state index is 0.132. The molecule has 0 heterocycles. The van der Waals surface area contributed by atoms with E-state index >= 15 is 0 Å². The van der Waals surface area contributed by atoms with Crippen LogP contribution in [0, 0.1) is 11.7 Å². The van der Waals surface area contributed by atoms with Crippen molar-refractivity contribution in [3.8, 4) is 5.75 Å². The third-order valence-electron chi connectivity index (χ3n) is 2.85. The molecule has 1 aliphatic rings. The zero-order valence-electron chi connectivity index (χ0n) is 10.7. The number of carbonyl (C=O) groups excluding carboxylic acids is 1. The number of benzene rings is 1. The van der Waals surface area contributed by atoms with Crippen LogP contribution < -0.4 is 15.4 Å². The summed E-state index contributed by atoms with van der Waals surface area (Å²) in [5.41, 5.74) is 0.197. The van der Waals surface area contributed by atoms with Crippen LogP contribution in [0.2, 0.25) is 0 Å².